The van der Waals surface area contributed by atoms with Crippen LogP contribution in [0.5, 0.6) is 0 Å². The standard InChI is InChI=1S/C16H22N2O3/c1-11-8-15(20)14(10-17-11)16(21)18-7-5-3-4-6-13(18)9-12(2)19/h8,10,13H,3-7,9H2,1-2H3,(H,17,20). The zero-order chi connectivity index (χ0) is 15.4. The Morgan fingerprint density at radius 3 is 2.76 bits per heavy atom. The zero-order valence-electron chi connectivity index (χ0n) is 12.6. The summed E-state index contributed by atoms with van der Waals surface area (Å²) in [5, 5.41) is 0. The van der Waals surface area contributed by atoms with E-state index in [1.807, 2.05) is 0 Å². The minimum atomic E-state index is -0.262. The van der Waals surface area contributed by atoms with Gasteiger partial charge in [-0.25, -0.2) is 0 Å². The second kappa shape index (κ2) is 6.70. The highest BCUT2D eigenvalue weighted by atomic mass is 16.2. The molecule has 1 unspecified atom stereocenters. The molecule has 5 nitrogen and oxygen atoms in total. The number of aromatic nitrogens is 1. The lowest BCUT2D eigenvalue weighted by Gasteiger charge is -2.29. The van der Waals surface area contributed by atoms with E-state index < -0.39 is 0 Å². The molecule has 0 aliphatic carbocycles. The van der Waals surface area contributed by atoms with E-state index in [2.05, 4.69) is 4.98 Å². The summed E-state index contributed by atoms with van der Waals surface area (Å²) in [5.41, 5.74) is 0.630. The Labute approximate surface area is 124 Å². The summed E-state index contributed by atoms with van der Waals surface area (Å²) in [6.45, 7) is 3.94. The third kappa shape index (κ3) is 3.80. The predicted octanol–water partition coefficient (Wildman–Crippen LogP) is 2.05. The van der Waals surface area contributed by atoms with E-state index in [0.29, 0.717) is 13.0 Å². The summed E-state index contributed by atoms with van der Waals surface area (Å²) in [5.74, 6) is -0.179. The number of aromatic amines is 1. The van der Waals surface area contributed by atoms with Gasteiger partial charge in [-0.15, -0.1) is 0 Å². The van der Waals surface area contributed by atoms with Gasteiger partial charge in [-0.1, -0.05) is 12.8 Å². The van der Waals surface area contributed by atoms with Crippen molar-refractivity contribution >= 4 is 11.7 Å². The van der Waals surface area contributed by atoms with Crippen molar-refractivity contribution in [2.75, 3.05) is 6.54 Å². The van der Waals surface area contributed by atoms with E-state index in [0.717, 1.165) is 31.4 Å². The Hall–Kier alpha value is -1.91. The molecule has 0 aromatic carbocycles. The molecule has 1 aromatic rings. The summed E-state index contributed by atoms with van der Waals surface area (Å²) in [4.78, 5) is 40.7. The van der Waals surface area contributed by atoms with E-state index in [4.69, 9.17) is 0 Å². The predicted molar refractivity (Wildman–Crippen MR) is 80.4 cm³/mol. The number of H-pyrrole nitrogens is 1. The van der Waals surface area contributed by atoms with Gasteiger partial charge >= 0.3 is 0 Å². The smallest absolute Gasteiger partial charge is 0.259 e. The summed E-state index contributed by atoms with van der Waals surface area (Å²) in [6.07, 6.45) is 5.68. The molecule has 0 saturated carbocycles. The van der Waals surface area contributed by atoms with Gasteiger partial charge in [-0.05, 0) is 26.7 Å². The highest BCUT2D eigenvalue weighted by Crippen LogP contribution is 2.21. The van der Waals surface area contributed by atoms with Crippen molar-refractivity contribution < 1.29 is 9.59 Å². The van der Waals surface area contributed by atoms with Gasteiger partial charge in [0.2, 0.25) is 0 Å². The summed E-state index contributed by atoms with van der Waals surface area (Å²) in [6, 6.07) is 1.35. The van der Waals surface area contributed by atoms with Gasteiger partial charge in [0.05, 0.1) is 0 Å². The lowest BCUT2D eigenvalue weighted by molar-refractivity contribution is -0.118. The van der Waals surface area contributed by atoms with E-state index >= 15 is 0 Å². The summed E-state index contributed by atoms with van der Waals surface area (Å²) in [7, 11) is 0. The van der Waals surface area contributed by atoms with Crippen LogP contribution in [-0.4, -0.2) is 34.2 Å². The molecule has 0 spiro atoms. The van der Waals surface area contributed by atoms with Crippen molar-refractivity contribution in [2.24, 2.45) is 0 Å². The largest absolute Gasteiger partial charge is 0.364 e. The number of hydrogen-bond donors (Lipinski definition) is 1. The monoisotopic (exact) mass is 290 g/mol. The first-order chi connectivity index (χ1) is 9.99. The Kier molecular flexibility index (Phi) is 4.94. The Bertz CT molecular complexity index is 591. The van der Waals surface area contributed by atoms with Gasteiger partial charge in [-0.3, -0.25) is 14.4 Å². The number of aryl methyl sites for hydroxylation is 1. The molecule has 114 valence electrons. The van der Waals surface area contributed by atoms with Gasteiger partial charge in [0.25, 0.3) is 5.91 Å². The highest BCUT2D eigenvalue weighted by molar-refractivity contribution is 5.94. The topological polar surface area (TPSA) is 70.2 Å². The molecular formula is C16H22N2O3. The first-order valence-corrected chi connectivity index (χ1v) is 7.49. The molecule has 1 saturated heterocycles. The van der Waals surface area contributed by atoms with Crippen LogP contribution in [0.3, 0.4) is 0 Å². The van der Waals surface area contributed by atoms with Crippen LogP contribution in [-0.2, 0) is 4.79 Å². The van der Waals surface area contributed by atoms with E-state index in [1.54, 1.807) is 18.7 Å². The second-order valence-corrected chi connectivity index (χ2v) is 5.80. The van der Waals surface area contributed by atoms with Crippen LogP contribution in [0.2, 0.25) is 0 Å². The third-order valence-corrected chi connectivity index (χ3v) is 3.95. The van der Waals surface area contributed by atoms with Crippen molar-refractivity contribution in [3.05, 3.63) is 33.7 Å². The fraction of sp³-hybridized carbons (Fsp3) is 0.562. The minimum absolute atomic E-state index is 0.0810. The first kappa shape index (κ1) is 15.5. The maximum Gasteiger partial charge on any atom is 0.259 e. The number of pyridine rings is 1. The molecule has 5 heteroatoms. The van der Waals surface area contributed by atoms with Gasteiger partial charge in [0, 0.05) is 37.0 Å². The Morgan fingerprint density at radius 2 is 2.10 bits per heavy atom. The van der Waals surface area contributed by atoms with Crippen LogP contribution in [0, 0.1) is 6.92 Å². The quantitative estimate of drug-likeness (QED) is 0.926. The van der Waals surface area contributed by atoms with Crippen LogP contribution >= 0.6 is 0 Å². The Balaban J connectivity index is 2.28. The number of Topliss-reactive ketones (excluding diaryl/α,β-unsaturated/α-hetero) is 1. The number of carbonyl (C=O) groups excluding carboxylic acids is 2. The molecule has 0 bridgehead atoms. The lowest BCUT2D eigenvalue weighted by atomic mass is 10.0. The molecule has 1 aliphatic heterocycles. The fourth-order valence-corrected chi connectivity index (χ4v) is 2.88. The molecule has 1 aromatic heterocycles. The molecule has 2 heterocycles. The maximum absolute atomic E-state index is 12.7. The van der Waals surface area contributed by atoms with Crippen LogP contribution < -0.4 is 5.43 Å². The van der Waals surface area contributed by atoms with Crippen molar-refractivity contribution in [1.82, 2.24) is 9.88 Å². The third-order valence-electron chi connectivity index (χ3n) is 3.95. The molecule has 0 radical (unpaired) electrons. The average molecular weight is 290 g/mol. The van der Waals surface area contributed by atoms with Crippen LogP contribution in [0.25, 0.3) is 0 Å². The van der Waals surface area contributed by atoms with Gasteiger partial charge in [0.1, 0.15) is 11.3 Å². The average Bonchev–Trinajstić information content (AvgIpc) is 2.63. The second-order valence-electron chi connectivity index (χ2n) is 5.80. The number of ketones is 1. The van der Waals surface area contributed by atoms with Crippen molar-refractivity contribution in [2.45, 2.75) is 52.0 Å². The fourth-order valence-electron chi connectivity index (χ4n) is 2.88. The number of hydrogen-bond acceptors (Lipinski definition) is 3. The summed E-state index contributed by atoms with van der Waals surface area (Å²) >= 11 is 0. The molecule has 1 atom stereocenters. The number of carbonyl (C=O) groups is 2. The van der Waals surface area contributed by atoms with E-state index in [9.17, 15) is 14.4 Å². The van der Waals surface area contributed by atoms with Crippen molar-refractivity contribution in [1.29, 1.82) is 0 Å². The van der Waals surface area contributed by atoms with E-state index in [-0.39, 0.29) is 28.7 Å². The van der Waals surface area contributed by atoms with Gasteiger partial charge in [-0.2, -0.15) is 0 Å². The molecule has 1 amide bonds. The summed E-state index contributed by atoms with van der Waals surface area (Å²) < 4.78 is 0. The van der Waals surface area contributed by atoms with Crippen LogP contribution in [0.1, 0.15) is 55.1 Å². The zero-order valence-corrected chi connectivity index (χ0v) is 12.6. The van der Waals surface area contributed by atoms with Gasteiger partial charge in [0.15, 0.2) is 5.43 Å². The van der Waals surface area contributed by atoms with Crippen molar-refractivity contribution in [3.63, 3.8) is 0 Å². The molecular weight excluding hydrogens is 268 g/mol. The number of amides is 1. The molecule has 2 rings (SSSR count). The highest BCUT2D eigenvalue weighted by Gasteiger charge is 2.28. The van der Waals surface area contributed by atoms with Crippen LogP contribution in [0.4, 0.5) is 0 Å². The Morgan fingerprint density at radius 1 is 1.33 bits per heavy atom. The SMILES string of the molecule is CC(=O)CC1CCCCCN1C(=O)c1c[nH]c(C)cc1=O. The minimum Gasteiger partial charge on any atom is -0.364 e. The number of nitrogens with zero attached hydrogens (tertiary/aromatic N) is 1. The van der Waals surface area contributed by atoms with Crippen LogP contribution in [0.15, 0.2) is 17.1 Å². The number of likely N-dealkylation sites (tertiary alicyclic amines) is 1. The number of nitrogens with one attached hydrogen (secondary N) is 1. The molecule has 1 aliphatic rings. The van der Waals surface area contributed by atoms with E-state index in [1.165, 1.54) is 12.3 Å². The van der Waals surface area contributed by atoms with Gasteiger partial charge < -0.3 is 9.88 Å². The first-order valence-electron chi connectivity index (χ1n) is 7.49. The maximum atomic E-state index is 12.7. The molecule has 1 N–H and O–H groups in total. The normalized spacial score (nSPS) is 19.1. The molecule has 21 heavy (non-hydrogen) atoms. The number of rotatable bonds is 3. The van der Waals surface area contributed by atoms with Crippen molar-refractivity contribution in [3.8, 4) is 0 Å². The molecule has 1 fully saturated rings. The lowest BCUT2D eigenvalue weighted by Crippen LogP contribution is -2.42.